The fourth-order valence-electron chi connectivity index (χ4n) is 2.45. The molecule has 17 heavy (non-hydrogen) atoms. The maximum Gasteiger partial charge on any atom is 0.0368 e. The predicted molar refractivity (Wildman–Crippen MR) is 72.3 cm³/mol. The number of anilines is 1. The molecular weight excluding hydrogens is 208 g/mol. The molecule has 1 aromatic carbocycles. The summed E-state index contributed by atoms with van der Waals surface area (Å²) in [6, 6.07) is 9.88. The minimum absolute atomic E-state index is 0.744. The Kier molecular flexibility index (Phi) is 3.06. The maximum absolute atomic E-state index is 5.58. The average molecular weight is 230 g/mol. The highest BCUT2D eigenvalue weighted by atomic mass is 15.2. The molecule has 3 rings (SSSR count). The summed E-state index contributed by atoms with van der Waals surface area (Å²) < 4.78 is 0. The highest BCUT2D eigenvalue weighted by molar-refractivity contribution is 5.50. The van der Waals surface area contributed by atoms with Crippen LogP contribution in [0.3, 0.4) is 0 Å². The lowest BCUT2D eigenvalue weighted by molar-refractivity contribution is 0.718. The fraction of sp³-hybridized carbons (Fsp3) is 0.600. The molecule has 2 nitrogen and oxygen atoms in total. The molecule has 2 aliphatic rings. The highest BCUT2D eigenvalue weighted by Crippen LogP contribution is 2.37. The van der Waals surface area contributed by atoms with Crippen LogP contribution >= 0.6 is 0 Å². The first kappa shape index (κ1) is 11.1. The van der Waals surface area contributed by atoms with Crippen molar-refractivity contribution in [1.29, 1.82) is 0 Å². The Labute approximate surface area is 104 Å². The van der Waals surface area contributed by atoms with Gasteiger partial charge in [0.2, 0.25) is 0 Å². The van der Waals surface area contributed by atoms with E-state index < -0.39 is 0 Å². The van der Waals surface area contributed by atoms with Crippen LogP contribution in [-0.4, -0.2) is 19.1 Å². The lowest BCUT2D eigenvalue weighted by atomic mass is 10.1. The van der Waals surface area contributed by atoms with Crippen LogP contribution in [0.15, 0.2) is 24.3 Å². The Morgan fingerprint density at radius 3 is 2.29 bits per heavy atom. The highest BCUT2D eigenvalue weighted by Gasteiger charge is 2.33. The SMILES string of the molecule is NCCc1ccc(N(CC2CC2)C2CC2)cc1. The molecule has 0 amide bonds. The Bertz CT molecular complexity index is 363. The van der Waals surface area contributed by atoms with Gasteiger partial charge in [-0.25, -0.2) is 0 Å². The van der Waals surface area contributed by atoms with Crippen LogP contribution in [-0.2, 0) is 6.42 Å². The van der Waals surface area contributed by atoms with Crippen LogP contribution in [0.2, 0.25) is 0 Å². The second kappa shape index (κ2) is 4.69. The van der Waals surface area contributed by atoms with Crippen LogP contribution in [0.25, 0.3) is 0 Å². The van der Waals surface area contributed by atoms with Gasteiger partial charge in [-0.3, -0.25) is 0 Å². The van der Waals surface area contributed by atoms with Crippen LogP contribution in [0.4, 0.5) is 5.69 Å². The Hall–Kier alpha value is -1.02. The van der Waals surface area contributed by atoms with E-state index in [0.29, 0.717) is 0 Å². The predicted octanol–water partition coefficient (Wildman–Crippen LogP) is 2.57. The lowest BCUT2D eigenvalue weighted by Crippen LogP contribution is -2.27. The molecule has 0 aromatic heterocycles. The summed E-state index contributed by atoms with van der Waals surface area (Å²) >= 11 is 0. The molecule has 2 heteroatoms. The summed E-state index contributed by atoms with van der Waals surface area (Å²) in [5, 5.41) is 0. The van der Waals surface area contributed by atoms with E-state index in [2.05, 4.69) is 29.2 Å². The molecule has 2 N–H and O–H groups in total. The van der Waals surface area contributed by atoms with Crippen LogP contribution in [0, 0.1) is 5.92 Å². The van der Waals surface area contributed by atoms with Crippen molar-refractivity contribution >= 4 is 5.69 Å². The molecule has 0 spiro atoms. The van der Waals surface area contributed by atoms with Crippen LogP contribution in [0.5, 0.6) is 0 Å². The smallest absolute Gasteiger partial charge is 0.0368 e. The largest absolute Gasteiger partial charge is 0.368 e. The van der Waals surface area contributed by atoms with Crippen LogP contribution in [0.1, 0.15) is 31.2 Å². The average Bonchev–Trinajstić information content (AvgIpc) is 3.21. The molecule has 0 heterocycles. The van der Waals surface area contributed by atoms with Gasteiger partial charge < -0.3 is 10.6 Å². The summed E-state index contributed by atoms with van der Waals surface area (Å²) in [5.41, 5.74) is 8.36. The van der Waals surface area contributed by atoms with Gasteiger partial charge >= 0.3 is 0 Å². The number of benzene rings is 1. The van der Waals surface area contributed by atoms with Crippen LogP contribution < -0.4 is 10.6 Å². The van der Waals surface area contributed by atoms with E-state index in [1.807, 2.05) is 0 Å². The van der Waals surface area contributed by atoms with E-state index in [-0.39, 0.29) is 0 Å². The number of rotatable bonds is 6. The van der Waals surface area contributed by atoms with Gasteiger partial charge in [-0.2, -0.15) is 0 Å². The number of hydrogen-bond acceptors (Lipinski definition) is 2. The van der Waals surface area contributed by atoms with Crippen molar-refractivity contribution in [2.24, 2.45) is 11.7 Å². The van der Waals surface area contributed by atoms with Gasteiger partial charge in [-0.1, -0.05) is 12.1 Å². The standard InChI is InChI=1S/C15H22N2/c16-10-9-12-3-5-14(6-4-12)17(15-7-8-15)11-13-1-2-13/h3-6,13,15H,1-2,7-11,16H2. The van der Waals surface area contributed by atoms with Gasteiger partial charge in [0, 0.05) is 18.3 Å². The molecule has 0 atom stereocenters. The first-order valence-corrected chi connectivity index (χ1v) is 6.92. The van der Waals surface area contributed by atoms with E-state index in [1.54, 1.807) is 0 Å². The van der Waals surface area contributed by atoms with E-state index in [1.165, 1.54) is 43.5 Å². The second-order valence-corrected chi connectivity index (χ2v) is 5.53. The summed E-state index contributed by atoms with van der Waals surface area (Å²) in [5.74, 6) is 0.972. The van der Waals surface area contributed by atoms with Crippen molar-refractivity contribution in [3.63, 3.8) is 0 Å². The quantitative estimate of drug-likeness (QED) is 0.814. The molecular formula is C15H22N2. The molecule has 92 valence electrons. The van der Waals surface area contributed by atoms with Gasteiger partial charge in [0.25, 0.3) is 0 Å². The third kappa shape index (κ3) is 2.81. The van der Waals surface area contributed by atoms with Crippen molar-refractivity contribution in [2.45, 2.75) is 38.1 Å². The van der Waals surface area contributed by atoms with E-state index >= 15 is 0 Å². The minimum atomic E-state index is 0.744. The topological polar surface area (TPSA) is 29.3 Å². The summed E-state index contributed by atoms with van der Waals surface area (Å²) in [7, 11) is 0. The Balaban J connectivity index is 1.70. The number of nitrogens with two attached hydrogens (primary N) is 1. The van der Waals surface area contributed by atoms with E-state index in [4.69, 9.17) is 5.73 Å². The van der Waals surface area contributed by atoms with Crippen molar-refractivity contribution in [1.82, 2.24) is 0 Å². The Morgan fingerprint density at radius 2 is 1.76 bits per heavy atom. The molecule has 1 aromatic rings. The molecule has 2 saturated carbocycles. The van der Waals surface area contributed by atoms with Crippen molar-refractivity contribution in [3.8, 4) is 0 Å². The van der Waals surface area contributed by atoms with Gasteiger partial charge in [-0.15, -0.1) is 0 Å². The van der Waals surface area contributed by atoms with Gasteiger partial charge in [-0.05, 0) is 62.3 Å². The third-order valence-corrected chi connectivity index (χ3v) is 3.84. The normalized spacial score (nSPS) is 19.4. The molecule has 2 aliphatic carbocycles. The number of hydrogen-bond donors (Lipinski definition) is 1. The summed E-state index contributed by atoms with van der Waals surface area (Å²) in [6.45, 7) is 2.02. The van der Waals surface area contributed by atoms with Crippen molar-refractivity contribution in [3.05, 3.63) is 29.8 Å². The molecule has 0 unspecified atom stereocenters. The lowest BCUT2D eigenvalue weighted by Gasteiger charge is -2.25. The van der Waals surface area contributed by atoms with Gasteiger partial charge in [0.15, 0.2) is 0 Å². The van der Waals surface area contributed by atoms with Gasteiger partial charge in [0.1, 0.15) is 0 Å². The monoisotopic (exact) mass is 230 g/mol. The minimum Gasteiger partial charge on any atom is -0.368 e. The molecule has 0 aliphatic heterocycles. The zero-order chi connectivity index (χ0) is 11.7. The Morgan fingerprint density at radius 1 is 1.06 bits per heavy atom. The van der Waals surface area contributed by atoms with Gasteiger partial charge in [0.05, 0.1) is 0 Å². The van der Waals surface area contributed by atoms with Crippen molar-refractivity contribution in [2.75, 3.05) is 18.0 Å². The molecule has 2 fully saturated rings. The first-order valence-electron chi connectivity index (χ1n) is 6.92. The van der Waals surface area contributed by atoms with E-state index in [9.17, 15) is 0 Å². The maximum atomic E-state index is 5.58. The summed E-state index contributed by atoms with van der Waals surface area (Å²) in [6.07, 6.45) is 6.64. The number of nitrogens with zero attached hydrogens (tertiary/aromatic N) is 1. The molecule has 0 radical (unpaired) electrons. The zero-order valence-corrected chi connectivity index (χ0v) is 10.4. The third-order valence-electron chi connectivity index (χ3n) is 3.84. The second-order valence-electron chi connectivity index (χ2n) is 5.53. The first-order chi connectivity index (χ1) is 8.36. The molecule has 0 bridgehead atoms. The zero-order valence-electron chi connectivity index (χ0n) is 10.4. The molecule has 0 saturated heterocycles. The van der Waals surface area contributed by atoms with E-state index in [0.717, 1.165) is 24.9 Å². The summed E-state index contributed by atoms with van der Waals surface area (Å²) in [4.78, 5) is 2.63. The van der Waals surface area contributed by atoms with Crippen molar-refractivity contribution < 1.29 is 0 Å². The fourth-order valence-corrected chi connectivity index (χ4v) is 2.45.